The van der Waals surface area contributed by atoms with Crippen molar-refractivity contribution in [2.24, 2.45) is 0 Å². The Kier molecular flexibility index (Phi) is 7.03. The second-order valence-corrected chi connectivity index (χ2v) is 8.46. The first kappa shape index (κ1) is 22.5. The van der Waals surface area contributed by atoms with Crippen molar-refractivity contribution in [1.29, 1.82) is 0 Å². The summed E-state index contributed by atoms with van der Waals surface area (Å²) in [7, 11) is 1.80. The minimum atomic E-state index is -0.0513. The third-order valence-corrected chi connectivity index (χ3v) is 5.71. The first-order chi connectivity index (χ1) is 16.0. The maximum Gasteiger partial charge on any atom is 0.254 e. The van der Waals surface area contributed by atoms with Crippen molar-refractivity contribution in [3.05, 3.63) is 90.0 Å². The summed E-state index contributed by atoms with van der Waals surface area (Å²) in [6, 6.07) is 19.8. The van der Waals surface area contributed by atoms with Crippen LogP contribution in [0.5, 0.6) is 5.75 Å². The molecule has 0 fully saturated rings. The molecule has 0 N–H and O–H groups in total. The van der Waals surface area contributed by atoms with Crippen LogP contribution in [-0.4, -0.2) is 39.0 Å². The van der Waals surface area contributed by atoms with Gasteiger partial charge in [0.15, 0.2) is 0 Å². The molecule has 2 heterocycles. The molecular formula is C27H30N4O2. The van der Waals surface area contributed by atoms with E-state index >= 15 is 0 Å². The van der Waals surface area contributed by atoms with Crippen LogP contribution in [0.25, 0.3) is 11.0 Å². The Morgan fingerprint density at radius 1 is 1.03 bits per heavy atom. The van der Waals surface area contributed by atoms with E-state index in [0.29, 0.717) is 24.6 Å². The first-order valence-electron chi connectivity index (χ1n) is 11.4. The molecule has 0 atom stereocenters. The molecule has 0 aliphatic carbocycles. The smallest absolute Gasteiger partial charge is 0.254 e. The van der Waals surface area contributed by atoms with Crippen molar-refractivity contribution in [3.63, 3.8) is 0 Å². The Morgan fingerprint density at radius 3 is 2.55 bits per heavy atom. The fourth-order valence-electron chi connectivity index (χ4n) is 3.99. The zero-order valence-electron chi connectivity index (χ0n) is 19.4. The van der Waals surface area contributed by atoms with E-state index in [1.54, 1.807) is 36.5 Å². The molecule has 170 valence electrons. The highest BCUT2D eigenvalue weighted by molar-refractivity contribution is 5.93. The van der Waals surface area contributed by atoms with Gasteiger partial charge in [0.2, 0.25) is 0 Å². The summed E-state index contributed by atoms with van der Waals surface area (Å²) in [5.41, 5.74) is 3.85. The summed E-state index contributed by atoms with van der Waals surface area (Å²) < 4.78 is 8.32. The summed E-state index contributed by atoms with van der Waals surface area (Å²) in [5.74, 6) is 2.18. The number of hydrogen-bond donors (Lipinski definition) is 0. The molecule has 4 aromatic rings. The van der Waals surface area contributed by atoms with Crippen LogP contribution in [0.2, 0.25) is 0 Å². The van der Waals surface area contributed by atoms with Gasteiger partial charge in [0.25, 0.3) is 5.91 Å². The van der Waals surface area contributed by atoms with Gasteiger partial charge in [-0.2, -0.15) is 0 Å². The lowest BCUT2D eigenvalue weighted by molar-refractivity contribution is 0.0780. The highest BCUT2D eigenvalue weighted by atomic mass is 16.5. The summed E-state index contributed by atoms with van der Waals surface area (Å²) >= 11 is 0. The molecule has 6 nitrogen and oxygen atoms in total. The molecule has 0 saturated carbocycles. The number of amides is 1. The Balaban J connectivity index is 1.47. The topological polar surface area (TPSA) is 60.2 Å². The van der Waals surface area contributed by atoms with Gasteiger partial charge in [-0.05, 0) is 48.2 Å². The van der Waals surface area contributed by atoms with Gasteiger partial charge in [0.05, 0.1) is 24.2 Å². The third-order valence-electron chi connectivity index (χ3n) is 5.71. The molecule has 0 bridgehead atoms. The second-order valence-electron chi connectivity index (χ2n) is 8.46. The number of ether oxygens (including phenoxy) is 1. The van der Waals surface area contributed by atoms with E-state index in [2.05, 4.69) is 41.6 Å². The van der Waals surface area contributed by atoms with E-state index < -0.39 is 0 Å². The predicted molar refractivity (Wildman–Crippen MR) is 130 cm³/mol. The maximum absolute atomic E-state index is 12.8. The lowest BCUT2D eigenvalue weighted by Gasteiger charge is -2.18. The van der Waals surface area contributed by atoms with E-state index in [4.69, 9.17) is 9.72 Å². The molecule has 0 unspecified atom stereocenters. The Labute approximate surface area is 194 Å². The average Bonchev–Trinajstić information content (AvgIpc) is 3.18. The summed E-state index contributed by atoms with van der Waals surface area (Å²) in [4.78, 5) is 23.3. The highest BCUT2D eigenvalue weighted by Crippen LogP contribution is 2.26. The maximum atomic E-state index is 12.8. The lowest BCUT2D eigenvalue weighted by Crippen LogP contribution is -2.28. The minimum absolute atomic E-state index is 0.0513. The number of carbonyl (C=O) groups is 1. The van der Waals surface area contributed by atoms with Crippen LogP contribution in [0.1, 0.15) is 47.9 Å². The molecule has 4 rings (SSSR count). The van der Waals surface area contributed by atoms with Gasteiger partial charge in [-0.15, -0.1) is 0 Å². The van der Waals surface area contributed by atoms with Crippen molar-refractivity contribution in [1.82, 2.24) is 19.4 Å². The van der Waals surface area contributed by atoms with Crippen LogP contribution in [0.15, 0.2) is 73.1 Å². The molecule has 0 radical (unpaired) electrons. The van der Waals surface area contributed by atoms with Crippen molar-refractivity contribution >= 4 is 16.9 Å². The van der Waals surface area contributed by atoms with Gasteiger partial charge in [-0.1, -0.05) is 44.2 Å². The highest BCUT2D eigenvalue weighted by Gasteiger charge is 2.17. The minimum Gasteiger partial charge on any atom is -0.493 e. The fourth-order valence-corrected chi connectivity index (χ4v) is 3.99. The Bertz CT molecular complexity index is 1220. The number of benzene rings is 2. The lowest BCUT2D eigenvalue weighted by atomic mass is 10.0. The van der Waals surface area contributed by atoms with E-state index in [0.717, 1.165) is 35.6 Å². The van der Waals surface area contributed by atoms with Gasteiger partial charge in [-0.3, -0.25) is 9.78 Å². The van der Waals surface area contributed by atoms with Crippen LogP contribution in [0.3, 0.4) is 0 Å². The summed E-state index contributed by atoms with van der Waals surface area (Å²) in [5, 5.41) is 0. The van der Waals surface area contributed by atoms with Crippen molar-refractivity contribution in [2.75, 3.05) is 13.7 Å². The molecule has 0 aliphatic rings. The van der Waals surface area contributed by atoms with Crippen LogP contribution < -0.4 is 4.74 Å². The number of para-hydroxylation sites is 3. The molecule has 0 spiro atoms. The monoisotopic (exact) mass is 442 g/mol. The molecule has 1 amide bonds. The van der Waals surface area contributed by atoms with Gasteiger partial charge < -0.3 is 14.2 Å². The van der Waals surface area contributed by atoms with Gasteiger partial charge >= 0.3 is 0 Å². The number of nitrogens with zero attached hydrogens (tertiary/aromatic N) is 4. The molecule has 2 aromatic carbocycles. The van der Waals surface area contributed by atoms with E-state index in [-0.39, 0.29) is 5.91 Å². The number of aromatic nitrogens is 3. The number of carbonyl (C=O) groups excluding carboxylic acids is 1. The quantitative estimate of drug-likeness (QED) is 0.330. The summed E-state index contributed by atoms with van der Waals surface area (Å²) in [6.45, 7) is 6.15. The van der Waals surface area contributed by atoms with Crippen LogP contribution >= 0.6 is 0 Å². The van der Waals surface area contributed by atoms with Crippen LogP contribution in [0, 0.1) is 0 Å². The van der Waals surface area contributed by atoms with E-state index in [1.807, 2.05) is 30.3 Å². The molecular weight excluding hydrogens is 412 g/mol. The zero-order chi connectivity index (χ0) is 23.2. The van der Waals surface area contributed by atoms with Crippen LogP contribution in [-0.2, 0) is 13.1 Å². The Morgan fingerprint density at radius 2 is 1.76 bits per heavy atom. The van der Waals surface area contributed by atoms with Crippen molar-refractivity contribution in [2.45, 2.75) is 39.3 Å². The largest absolute Gasteiger partial charge is 0.493 e. The first-order valence-corrected chi connectivity index (χ1v) is 11.4. The molecule has 0 aliphatic heterocycles. The molecule has 33 heavy (non-hydrogen) atoms. The van der Waals surface area contributed by atoms with Crippen molar-refractivity contribution < 1.29 is 9.53 Å². The standard InChI is InChI=1S/C27H30N4O2/c1-20(2)22-9-4-7-12-25(22)33-18-8-17-31-24-11-6-5-10-23(24)29-26(31)19-30(3)27(32)21-13-15-28-16-14-21/h4-7,9-16,20H,8,17-19H2,1-3H3. The summed E-state index contributed by atoms with van der Waals surface area (Å²) in [6.07, 6.45) is 4.10. The van der Waals surface area contributed by atoms with E-state index in [1.165, 1.54) is 5.56 Å². The number of rotatable bonds is 9. The van der Waals surface area contributed by atoms with Crippen molar-refractivity contribution in [3.8, 4) is 5.75 Å². The average molecular weight is 443 g/mol. The normalized spacial score (nSPS) is 11.2. The predicted octanol–water partition coefficient (Wildman–Crippen LogP) is 5.30. The Hall–Kier alpha value is -3.67. The number of fused-ring (bicyclic) bond motifs is 1. The third kappa shape index (κ3) is 5.22. The SMILES string of the molecule is CC(C)c1ccccc1OCCCn1c(CN(C)C(=O)c2ccncc2)nc2ccccc21. The molecule has 6 heteroatoms. The molecule has 2 aromatic heterocycles. The fraction of sp³-hybridized carbons (Fsp3) is 0.296. The van der Waals surface area contributed by atoms with Gasteiger partial charge in [0.1, 0.15) is 11.6 Å². The van der Waals surface area contributed by atoms with Gasteiger partial charge in [-0.25, -0.2) is 4.98 Å². The number of aryl methyl sites for hydroxylation is 1. The number of imidazole rings is 1. The van der Waals surface area contributed by atoms with E-state index in [9.17, 15) is 4.79 Å². The molecule has 0 saturated heterocycles. The van der Waals surface area contributed by atoms with Gasteiger partial charge in [0, 0.05) is 31.5 Å². The van der Waals surface area contributed by atoms with Crippen LogP contribution in [0.4, 0.5) is 0 Å². The second kappa shape index (κ2) is 10.3. The zero-order valence-corrected chi connectivity index (χ0v) is 19.4. The number of pyridine rings is 1. The number of hydrogen-bond acceptors (Lipinski definition) is 4.